The lowest BCUT2D eigenvalue weighted by molar-refractivity contribution is -0.123. The van der Waals surface area contributed by atoms with E-state index in [4.69, 9.17) is 4.74 Å². The van der Waals surface area contributed by atoms with Crippen LogP contribution in [0.1, 0.15) is 29.5 Å². The van der Waals surface area contributed by atoms with Gasteiger partial charge in [-0.15, -0.1) is 0 Å². The van der Waals surface area contributed by atoms with Crippen LogP contribution in [0.25, 0.3) is 0 Å². The van der Waals surface area contributed by atoms with Gasteiger partial charge in [0, 0.05) is 5.56 Å². The van der Waals surface area contributed by atoms with Gasteiger partial charge in [-0.05, 0) is 49.4 Å². The number of carbonyl (C=O) groups excluding carboxylic acids is 1. The molecule has 1 N–H and O–H groups in total. The molecule has 0 fully saturated rings. The normalized spacial score (nSPS) is 15.1. The molecule has 0 heterocycles. The van der Waals surface area contributed by atoms with Crippen LogP contribution in [0.4, 0.5) is 0 Å². The summed E-state index contributed by atoms with van der Waals surface area (Å²) in [6.07, 6.45) is 3.02. The summed E-state index contributed by atoms with van der Waals surface area (Å²) in [7, 11) is 0. The molecule has 3 rings (SSSR count). The summed E-state index contributed by atoms with van der Waals surface area (Å²) >= 11 is 0. The molecule has 1 aliphatic carbocycles. The molecule has 1 aliphatic rings. The summed E-state index contributed by atoms with van der Waals surface area (Å²) in [6.45, 7) is 1.95. The second kappa shape index (κ2) is 7.09. The van der Waals surface area contributed by atoms with Crippen LogP contribution >= 0.6 is 0 Å². The second-order valence-corrected chi connectivity index (χ2v) is 5.71. The predicted molar refractivity (Wildman–Crippen MR) is 90.7 cm³/mol. The molecule has 4 nitrogen and oxygen atoms in total. The highest BCUT2D eigenvalue weighted by molar-refractivity contribution is 6.03. The second-order valence-electron chi connectivity index (χ2n) is 5.71. The van der Waals surface area contributed by atoms with Gasteiger partial charge in [0.15, 0.2) is 6.61 Å². The minimum absolute atomic E-state index is 0.0398. The van der Waals surface area contributed by atoms with Crippen molar-refractivity contribution in [3.63, 3.8) is 0 Å². The third-order valence-electron chi connectivity index (χ3n) is 3.86. The Morgan fingerprint density at radius 1 is 1.17 bits per heavy atom. The van der Waals surface area contributed by atoms with E-state index in [-0.39, 0.29) is 12.5 Å². The van der Waals surface area contributed by atoms with Crippen molar-refractivity contribution in [1.82, 2.24) is 5.43 Å². The number of amides is 1. The molecule has 0 spiro atoms. The average Bonchev–Trinajstić information content (AvgIpc) is 2.58. The molecule has 4 heteroatoms. The third kappa shape index (κ3) is 3.97. The number of nitrogens with one attached hydrogen (secondary N) is 1. The largest absolute Gasteiger partial charge is 0.484 e. The zero-order valence-electron chi connectivity index (χ0n) is 13.2. The van der Waals surface area contributed by atoms with E-state index < -0.39 is 0 Å². The van der Waals surface area contributed by atoms with E-state index in [0.29, 0.717) is 5.75 Å². The van der Waals surface area contributed by atoms with Gasteiger partial charge in [-0.3, -0.25) is 4.79 Å². The summed E-state index contributed by atoms with van der Waals surface area (Å²) in [5.41, 5.74) is 7.07. The van der Waals surface area contributed by atoms with Crippen molar-refractivity contribution in [2.45, 2.75) is 26.2 Å². The Morgan fingerprint density at radius 2 is 2.04 bits per heavy atom. The number of hydrazone groups is 1. The van der Waals surface area contributed by atoms with E-state index in [9.17, 15) is 4.79 Å². The standard InChI is InChI=1S/C19H20N2O2/c1-14-6-4-9-16(12-14)23-13-19(22)21-20-18-11-5-8-15-7-2-3-10-17(15)18/h2-4,6-7,9-10,12H,5,8,11,13H2,1H3,(H,21,22)/b20-18+. The fourth-order valence-electron chi connectivity index (χ4n) is 2.73. The number of carbonyl (C=O) groups is 1. The predicted octanol–water partition coefficient (Wildman–Crippen LogP) is 3.23. The fraction of sp³-hybridized carbons (Fsp3) is 0.263. The molecular weight excluding hydrogens is 288 g/mol. The van der Waals surface area contributed by atoms with Crippen LogP contribution in [0.5, 0.6) is 5.75 Å². The molecule has 118 valence electrons. The summed E-state index contributed by atoms with van der Waals surface area (Å²) < 4.78 is 5.48. The minimum atomic E-state index is -0.248. The number of benzene rings is 2. The van der Waals surface area contributed by atoms with Gasteiger partial charge in [0.25, 0.3) is 5.91 Å². The van der Waals surface area contributed by atoms with E-state index in [0.717, 1.165) is 36.1 Å². The van der Waals surface area contributed by atoms with Gasteiger partial charge in [-0.1, -0.05) is 36.4 Å². The van der Waals surface area contributed by atoms with Crippen LogP contribution in [-0.2, 0) is 11.2 Å². The van der Waals surface area contributed by atoms with Gasteiger partial charge in [-0.2, -0.15) is 5.10 Å². The summed E-state index contributed by atoms with van der Waals surface area (Å²) in [6, 6.07) is 15.8. The minimum Gasteiger partial charge on any atom is -0.484 e. The summed E-state index contributed by atoms with van der Waals surface area (Å²) in [4.78, 5) is 11.9. The number of rotatable bonds is 4. The van der Waals surface area contributed by atoms with Crippen LogP contribution in [-0.4, -0.2) is 18.2 Å². The van der Waals surface area contributed by atoms with Crippen LogP contribution in [0.15, 0.2) is 53.6 Å². The highest BCUT2D eigenvalue weighted by Crippen LogP contribution is 2.21. The number of ether oxygens (including phenoxy) is 1. The van der Waals surface area contributed by atoms with Crippen molar-refractivity contribution in [2.24, 2.45) is 5.10 Å². The molecule has 0 unspecified atom stereocenters. The van der Waals surface area contributed by atoms with Crippen molar-refractivity contribution >= 4 is 11.6 Å². The van der Waals surface area contributed by atoms with E-state index in [1.54, 1.807) is 0 Å². The molecule has 0 aliphatic heterocycles. The Kier molecular flexibility index (Phi) is 4.71. The highest BCUT2D eigenvalue weighted by Gasteiger charge is 2.15. The Morgan fingerprint density at radius 3 is 2.91 bits per heavy atom. The smallest absolute Gasteiger partial charge is 0.277 e. The van der Waals surface area contributed by atoms with Gasteiger partial charge in [0.05, 0.1) is 5.71 Å². The first kappa shape index (κ1) is 15.3. The monoisotopic (exact) mass is 308 g/mol. The first-order chi connectivity index (χ1) is 11.2. The molecule has 2 aromatic carbocycles. The SMILES string of the molecule is Cc1cccc(OCC(=O)N/N=C2\CCCc3ccccc32)c1. The van der Waals surface area contributed by atoms with Crippen molar-refractivity contribution in [3.8, 4) is 5.75 Å². The molecule has 0 radical (unpaired) electrons. The van der Waals surface area contributed by atoms with Crippen molar-refractivity contribution in [2.75, 3.05) is 6.61 Å². The van der Waals surface area contributed by atoms with Crippen LogP contribution in [0.3, 0.4) is 0 Å². The molecule has 0 saturated heterocycles. The van der Waals surface area contributed by atoms with Gasteiger partial charge in [0.1, 0.15) is 5.75 Å². The summed E-state index contributed by atoms with van der Waals surface area (Å²) in [5.74, 6) is 0.442. The molecule has 0 saturated carbocycles. The Labute approximate surface area is 136 Å². The average molecular weight is 308 g/mol. The highest BCUT2D eigenvalue weighted by atomic mass is 16.5. The van der Waals surface area contributed by atoms with Gasteiger partial charge in [-0.25, -0.2) is 5.43 Å². The van der Waals surface area contributed by atoms with E-state index in [1.165, 1.54) is 5.56 Å². The maximum Gasteiger partial charge on any atom is 0.277 e. The van der Waals surface area contributed by atoms with Gasteiger partial charge >= 0.3 is 0 Å². The van der Waals surface area contributed by atoms with E-state index in [1.807, 2.05) is 43.3 Å². The number of hydrogen-bond acceptors (Lipinski definition) is 3. The van der Waals surface area contributed by atoms with Gasteiger partial charge < -0.3 is 4.74 Å². The van der Waals surface area contributed by atoms with Crippen LogP contribution in [0, 0.1) is 6.92 Å². The molecule has 0 atom stereocenters. The Balaban J connectivity index is 1.59. The molecule has 2 aromatic rings. The molecule has 1 amide bonds. The number of fused-ring (bicyclic) bond motifs is 1. The van der Waals surface area contributed by atoms with Gasteiger partial charge in [0.2, 0.25) is 0 Å². The number of hydrogen-bond donors (Lipinski definition) is 1. The first-order valence-electron chi connectivity index (χ1n) is 7.85. The molecular formula is C19H20N2O2. The third-order valence-corrected chi connectivity index (χ3v) is 3.86. The topological polar surface area (TPSA) is 50.7 Å². The molecule has 23 heavy (non-hydrogen) atoms. The van der Waals surface area contributed by atoms with Crippen molar-refractivity contribution in [3.05, 3.63) is 65.2 Å². The lowest BCUT2D eigenvalue weighted by Crippen LogP contribution is -2.27. The van der Waals surface area contributed by atoms with E-state index in [2.05, 4.69) is 22.7 Å². The zero-order valence-corrected chi connectivity index (χ0v) is 13.2. The molecule has 0 bridgehead atoms. The number of aryl methyl sites for hydroxylation is 2. The maximum absolute atomic E-state index is 11.9. The van der Waals surface area contributed by atoms with Crippen molar-refractivity contribution in [1.29, 1.82) is 0 Å². The van der Waals surface area contributed by atoms with Crippen molar-refractivity contribution < 1.29 is 9.53 Å². The van der Waals surface area contributed by atoms with Crippen LogP contribution < -0.4 is 10.2 Å². The Hall–Kier alpha value is -2.62. The van der Waals surface area contributed by atoms with E-state index >= 15 is 0 Å². The van der Waals surface area contributed by atoms with Crippen LogP contribution in [0.2, 0.25) is 0 Å². The maximum atomic E-state index is 11.9. The quantitative estimate of drug-likeness (QED) is 0.882. The number of nitrogens with zero attached hydrogens (tertiary/aromatic N) is 1. The lowest BCUT2D eigenvalue weighted by Gasteiger charge is -2.17. The molecule has 0 aromatic heterocycles. The first-order valence-corrected chi connectivity index (χ1v) is 7.85. The Bertz CT molecular complexity index is 738. The zero-order chi connectivity index (χ0) is 16.1. The lowest BCUT2D eigenvalue weighted by atomic mass is 9.90. The fourth-order valence-corrected chi connectivity index (χ4v) is 2.73. The summed E-state index contributed by atoms with van der Waals surface area (Å²) in [5, 5.41) is 4.29.